The summed E-state index contributed by atoms with van der Waals surface area (Å²) in [6.45, 7) is 6.15. The second kappa shape index (κ2) is 10.8. The predicted molar refractivity (Wildman–Crippen MR) is 153 cm³/mol. The minimum Gasteiger partial charge on any atom is -0.309 e. The maximum atomic E-state index is 3.87. The van der Waals surface area contributed by atoms with Gasteiger partial charge in [0.2, 0.25) is 0 Å². The Bertz CT molecular complexity index is 1420. The highest BCUT2D eigenvalue weighted by atomic mass is 15.0. The maximum Gasteiger partial charge on any atom is 0.0541 e. The third-order valence-electron chi connectivity index (χ3n) is 7.17. The molecule has 0 aliphatic rings. The van der Waals surface area contributed by atoms with Crippen LogP contribution in [-0.4, -0.2) is 4.57 Å². The van der Waals surface area contributed by atoms with Crippen molar-refractivity contribution in [3.05, 3.63) is 109 Å². The van der Waals surface area contributed by atoms with Gasteiger partial charge in [0, 0.05) is 16.5 Å². The van der Waals surface area contributed by atoms with Crippen LogP contribution in [-0.2, 0) is 6.42 Å². The average Bonchev–Trinajstić information content (AvgIpc) is 3.25. The molecule has 5 aromatic rings. The predicted octanol–water partition coefficient (Wildman–Crippen LogP) is 10.00. The van der Waals surface area contributed by atoms with E-state index in [9.17, 15) is 0 Å². The average molecular weight is 458 g/mol. The van der Waals surface area contributed by atoms with Gasteiger partial charge < -0.3 is 4.57 Å². The van der Waals surface area contributed by atoms with E-state index in [-0.39, 0.29) is 0 Å². The van der Waals surface area contributed by atoms with Gasteiger partial charge in [-0.2, -0.15) is 0 Å². The molecular weight excluding hydrogens is 422 g/mol. The lowest BCUT2D eigenvalue weighted by molar-refractivity contribution is 0.607. The quantitative estimate of drug-likeness (QED) is 0.184. The molecule has 0 amide bonds. The first kappa shape index (κ1) is 23.2. The standard InChI is InChI=1S/C34H35N/c1-3-5-6-7-8-9-12-27-17-22-30(23-18-27)35-33-14-11-10-13-31(33)32-25-29(21-24-34(32)35)28-19-15-26(4-2)16-20-28/h4,10-11,13-25H,2-3,5-9,12H2,1H3. The molecule has 0 unspecified atom stereocenters. The number of hydrogen-bond donors (Lipinski definition) is 0. The summed E-state index contributed by atoms with van der Waals surface area (Å²) in [6, 6.07) is 33.4. The Labute approximate surface area is 209 Å². The van der Waals surface area contributed by atoms with Crippen LogP contribution in [0.2, 0.25) is 0 Å². The molecule has 0 atom stereocenters. The van der Waals surface area contributed by atoms with Crippen molar-refractivity contribution in [2.45, 2.75) is 51.9 Å². The molecule has 176 valence electrons. The van der Waals surface area contributed by atoms with E-state index in [4.69, 9.17) is 0 Å². The fraction of sp³-hybridized carbons (Fsp3) is 0.235. The van der Waals surface area contributed by atoms with Gasteiger partial charge in [-0.1, -0.05) is 112 Å². The van der Waals surface area contributed by atoms with E-state index in [0.717, 1.165) is 5.56 Å². The van der Waals surface area contributed by atoms with Crippen molar-refractivity contribution in [2.24, 2.45) is 0 Å². The lowest BCUT2D eigenvalue weighted by Gasteiger charge is -2.10. The molecule has 4 aromatic carbocycles. The van der Waals surface area contributed by atoms with Crippen LogP contribution < -0.4 is 0 Å². The zero-order chi connectivity index (χ0) is 24.0. The second-order valence-corrected chi connectivity index (χ2v) is 9.59. The van der Waals surface area contributed by atoms with Gasteiger partial charge in [0.15, 0.2) is 0 Å². The van der Waals surface area contributed by atoms with Crippen molar-refractivity contribution in [3.8, 4) is 16.8 Å². The maximum absolute atomic E-state index is 3.87. The highest BCUT2D eigenvalue weighted by Crippen LogP contribution is 2.35. The molecule has 0 fully saturated rings. The highest BCUT2D eigenvalue weighted by molar-refractivity contribution is 6.10. The van der Waals surface area contributed by atoms with Crippen LogP contribution >= 0.6 is 0 Å². The number of aryl methyl sites for hydroxylation is 1. The zero-order valence-corrected chi connectivity index (χ0v) is 20.8. The van der Waals surface area contributed by atoms with Gasteiger partial charge in [-0.25, -0.2) is 0 Å². The lowest BCUT2D eigenvalue weighted by atomic mass is 10.0. The number of fused-ring (bicyclic) bond motifs is 3. The molecule has 0 aliphatic carbocycles. The van der Waals surface area contributed by atoms with E-state index < -0.39 is 0 Å². The molecule has 0 N–H and O–H groups in total. The number of rotatable bonds is 10. The number of aromatic nitrogens is 1. The van der Waals surface area contributed by atoms with Crippen molar-refractivity contribution in [2.75, 3.05) is 0 Å². The first-order valence-corrected chi connectivity index (χ1v) is 13.1. The zero-order valence-electron chi connectivity index (χ0n) is 20.8. The summed E-state index contributed by atoms with van der Waals surface area (Å²) >= 11 is 0. The largest absolute Gasteiger partial charge is 0.309 e. The molecule has 0 saturated heterocycles. The Balaban J connectivity index is 1.45. The van der Waals surface area contributed by atoms with Gasteiger partial charge in [-0.3, -0.25) is 0 Å². The SMILES string of the molecule is C=Cc1ccc(-c2ccc3c(c2)c2ccccc2n3-c2ccc(CCCCCCCC)cc2)cc1. The van der Waals surface area contributed by atoms with Gasteiger partial charge >= 0.3 is 0 Å². The van der Waals surface area contributed by atoms with Crippen LogP contribution in [0, 0.1) is 0 Å². The van der Waals surface area contributed by atoms with Crippen molar-refractivity contribution in [3.63, 3.8) is 0 Å². The number of unbranched alkanes of at least 4 members (excludes halogenated alkanes) is 5. The Morgan fingerprint density at radius 3 is 2.11 bits per heavy atom. The minimum absolute atomic E-state index is 1.14. The monoisotopic (exact) mass is 457 g/mol. The number of benzene rings is 4. The molecule has 35 heavy (non-hydrogen) atoms. The summed E-state index contributed by atoms with van der Waals surface area (Å²) in [4.78, 5) is 0. The molecule has 5 rings (SSSR count). The number of nitrogens with zero attached hydrogens (tertiary/aromatic N) is 1. The third-order valence-corrected chi connectivity index (χ3v) is 7.17. The summed E-state index contributed by atoms with van der Waals surface area (Å²) in [7, 11) is 0. The van der Waals surface area contributed by atoms with E-state index in [1.54, 1.807) is 0 Å². The summed E-state index contributed by atoms with van der Waals surface area (Å²) in [6.07, 6.45) is 11.1. The first-order valence-electron chi connectivity index (χ1n) is 13.1. The molecular formula is C34H35N. The van der Waals surface area contributed by atoms with Crippen molar-refractivity contribution in [1.29, 1.82) is 0 Å². The molecule has 0 radical (unpaired) electrons. The van der Waals surface area contributed by atoms with Gasteiger partial charge in [0.1, 0.15) is 0 Å². The third kappa shape index (κ3) is 4.95. The normalized spacial score (nSPS) is 11.3. The second-order valence-electron chi connectivity index (χ2n) is 9.59. The fourth-order valence-corrected chi connectivity index (χ4v) is 5.16. The molecule has 1 heteroatoms. The van der Waals surface area contributed by atoms with Gasteiger partial charge in [-0.05, 0) is 65.4 Å². The Hall–Kier alpha value is -3.58. The van der Waals surface area contributed by atoms with Gasteiger partial charge in [-0.15, -0.1) is 0 Å². The van der Waals surface area contributed by atoms with E-state index in [2.05, 4.69) is 109 Å². The molecule has 1 aromatic heterocycles. The number of para-hydroxylation sites is 1. The van der Waals surface area contributed by atoms with Crippen LogP contribution in [0.15, 0.2) is 97.6 Å². The smallest absolute Gasteiger partial charge is 0.0541 e. The molecule has 1 nitrogen and oxygen atoms in total. The summed E-state index contributed by atoms with van der Waals surface area (Å²) in [5.41, 5.74) is 8.79. The van der Waals surface area contributed by atoms with Gasteiger partial charge in [0.05, 0.1) is 11.0 Å². The fourth-order valence-electron chi connectivity index (χ4n) is 5.16. The van der Waals surface area contributed by atoms with E-state index in [0.29, 0.717) is 0 Å². The van der Waals surface area contributed by atoms with Crippen LogP contribution in [0.25, 0.3) is 44.7 Å². The molecule has 1 heterocycles. The first-order chi connectivity index (χ1) is 17.3. The van der Waals surface area contributed by atoms with Crippen molar-refractivity contribution < 1.29 is 0 Å². The van der Waals surface area contributed by atoms with Gasteiger partial charge in [0.25, 0.3) is 0 Å². The minimum atomic E-state index is 1.14. The van der Waals surface area contributed by atoms with Crippen molar-refractivity contribution >= 4 is 27.9 Å². The van der Waals surface area contributed by atoms with E-state index in [1.807, 2.05) is 6.08 Å². The Morgan fingerprint density at radius 1 is 0.657 bits per heavy atom. The summed E-state index contributed by atoms with van der Waals surface area (Å²) in [5, 5.41) is 2.59. The Morgan fingerprint density at radius 2 is 1.34 bits per heavy atom. The van der Waals surface area contributed by atoms with Crippen LogP contribution in [0.4, 0.5) is 0 Å². The topological polar surface area (TPSA) is 4.93 Å². The van der Waals surface area contributed by atoms with Crippen LogP contribution in [0.3, 0.4) is 0 Å². The molecule has 0 bridgehead atoms. The highest BCUT2D eigenvalue weighted by Gasteiger charge is 2.13. The van der Waals surface area contributed by atoms with E-state index in [1.165, 1.54) is 89.1 Å². The molecule has 0 aliphatic heterocycles. The van der Waals surface area contributed by atoms with E-state index >= 15 is 0 Å². The number of hydrogen-bond acceptors (Lipinski definition) is 0. The Kier molecular flexibility index (Phi) is 7.14. The molecule has 0 saturated carbocycles. The summed E-state index contributed by atoms with van der Waals surface area (Å²) < 4.78 is 2.41. The van der Waals surface area contributed by atoms with Crippen LogP contribution in [0.1, 0.15) is 56.6 Å². The summed E-state index contributed by atoms with van der Waals surface area (Å²) in [5.74, 6) is 0. The lowest BCUT2D eigenvalue weighted by Crippen LogP contribution is -1.95. The van der Waals surface area contributed by atoms with Crippen LogP contribution in [0.5, 0.6) is 0 Å². The molecule has 0 spiro atoms. The van der Waals surface area contributed by atoms with Crippen molar-refractivity contribution in [1.82, 2.24) is 4.57 Å².